The van der Waals surface area contributed by atoms with E-state index in [0.717, 1.165) is 19.4 Å². The van der Waals surface area contributed by atoms with E-state index in [2.05, 4.69) is 5.32 Å². The number of halogens is 1. The summed E-state index contributed by atoms with van der Waals surface area (Å²) in [6, 6.07) is 4.53. The van der Waals surface area contributed by atoms with Crippen LogP contribution in [0.3, 0.4) is 0 Å². The highest BCUT2D eigenvalue weighted by molar-refractivity contribution is 6.34. The number of amides is 1. The molecular weight excluding hydrogens is 294 g/mol. The molecule has 1 aliphatic rings. The fraction of sp³-hybridized carbons (Fsp3) is 0.500. The van der Waals surface area contributed by atoms with Crippen LogP contribution in [-0.2, 0) is 0 Å². The molecule has 0 bridgehead atoms. The number of benzene rings is 1. The van der Waals surface area contributed by atoms with Gasteiger partial charge in [-0.3, -0.25) is 14.9 Å². The Kier molecular flexibility index (Phi) is 5.14. The number of hydrogen-bond donors (Lipinski definition) is 1. The van der Waals surface area contributed by atoms with Crippen LogP contribution in [-0.4, -0.2) is 41.4 Å². The molecule has 1 N–H and O–H groups in total. The summed E-state index contributed by atoms with van der Waals surface area (Å²) in [6.07, 6.45) is 2.09. The summed E-state index contributed by atoms with van der Waals surface area (Å²) in [7, 11) is 0. The number of nitrogens with one attached hydrogen (secondary N) is 1. The molecule has 1 fully saturated rings. The fourth-order valence-corrected chi connectivity index (χ4v) is 2.82. The zero-order valence-corrected chi connectivity index (χ0v) is 12.6. The lowest BCUT2D eigenvalue weighted by atomic mass is 10.1. The summed E-state index contributed by atoms with van der Waals surface area (Å²) in [5.41, 5.74) is -0.269. The van der Waals surface area contributed by atoms with E-state index in [1.165, 1.54) is 18.2 Å². The maximum Gasteiger partial charge on any atom is 0.283 e. The molecule has 1 saturated heterocycles. The number of nitro benzene ring substituents is 1. The third-order valence-corrected chi connectivity index (χ3v) is 3.99. The fourth-order valence-electron chi connectivity index (χ4n) is 2.57. The number of hydrogen-bond acceptors (Lipinski definition) is 4. The third kappa shape index (κ3) is 3.51. The highest BCUT2D eigenvalue weighted by Gasteiger charge is 2.28. The quantitative estimate of drug-likeness (QED) is 0.669. The average Bonchev–Trinajstić information content (AvgIpc) is 2.96. The zero-order valence-electron chi connectivity index (χ0n) is 11.8. The molecule has 0 aromatic heterocycles. The molecule has 7 heteroatoms. The highest BCUT2D eigenvalue weighted by Crippen LogP contribution is 2.27. The van der Waals surface area contributed by atoms with Gasteiger partial charge in [-0.25, -0.2) is 0 Å². The van der Waals surface area contributed by atoms with Gasteiger partial charge in [-0.2, -0.15) is 0 Å². The van der Waals surface area contributed by atoms with Crippen LogP contribution in [0.25, 0.3) is 0 Å². The Labute approximate surface area is 128 Å². The lowest BCUT2D eigenvalue weighted by Gasteiger charge is -2.24. The first-order chi connectivity index (χ1) is 10.0. The molecular formula is C14H18ClN3O3. The van der Waals surface area contributed by atoms with Crippen LogP contribution in [0, 0.1) is 10.1 Å². The van der Waals surface area contributed by atoms with Crippen molar-refractivity contribution in [3.8, 4) is 0 Å². The number of likely N-dealkylation sites (N-methyl/N-ethyl adjacent to an activating group) is 1. The summed E-state index contributed by atoms with van der Waals surface area (Å²) in [6.45, 7) is 3.83. The summed E-state index contributed by atoms with van der Waals surface area (Å²) in [4.78, 5) is 24.8. The van der Waals surface area contributed by atoms with Crippen LogP contribution in [0.15, 0.2) is 18.2 Å². The van der Waals surface area contributed by atoms with Gasteiger partial charge in [0.05, 0.1) is 9.95 Å². The van der Waals surface area contributed by atoms with Crippen molar-refractivity contribution < 1.29 is 9.72 Å². The molecule has 1 aliphatic heterocycles. The Hall–Kier alpha value is -1.66. The second-order valence-corrected chi connectivity index (χ2v) is 5.44. The molecule has 0 saturated carbocycles. The summed E-state index contributed by atoms with van der Waals surface area (Å²) in [5, 5.41) is 14.5. The first-order valence-corrected chi connectivity index (χ1v) is 7.38. The van der Waals surface area contributed by atoms with Crippen molar-refractivity contribution in [2.45, 2.75) is 25.8 Å². The number of rotatable bonds is 5. The third-order valence-electron chi connectivity index (χ3n) is 3.67. The lowest BCUT2D eigenvalue weighted by molar-refractivity contribution is -0.385. The van der Waals surface area contributed by atoms with Crippen molar-refractivity contribution >= 4 is 23.2 Å². The minimum atomic E-state index is -0.569. The van der Waals surface area contributed by atoms with Crippen molar-refractivity contribution in [3.63, 3.8) is 0 Å². The van der Waals surface area contributed by atoms with Gasteiger partial charge in [0.25, 0.3) is 11.6 Å². The summed E-state index contributed by atoms with van der Waals surface area (Å²) < 4.78 is 0. The van der Waals surface area contributed by atoms with Gasteiger partial charge in [0.1, 0.15) is 5.56 Å². The maximum atomic E-state index is 12.6. The normalized spacial score (nSPS) is 17.7. The van der Waals surface area contributed by atoms with E-state index < -0.39 is 4.92 Å². The minimum Gasteiger partial charge on any atom is -0.337 e. The van der Waals surface area contributed by atoms with Gasteiger partial charge < -0.3 is 10.2 Å². The lowest BCUT2D eigenvalue weighted by Crippen LogP contribution is -2.41. The number of carbonyl (C=O) groups is 1. The van der Waals surface area contributed by atoms with Gasteiger partial charge in [-0.15, -0.1) is 0 Å². The molecule has 1 heterocycles. The van der Waals surface area contributed by atoms with Crippen LogP contribution < -0.4 is 5.32 Å². The monoisotopic (exact) mass is 311 g/mol. The van der Waals surface area contributed by atoms with Gasteiger partial charge in [0.2, 0.25) is 0 Å². The molecule has 0 aliphatic carbocycles. The number of nitro groups is 1. The van der Waals surface area contributed by atoms with Crippen molar-refractivity contribution in [2.75, 3.05) is 19.6 Å². The van der Waals surface area contributed by atoms with Crippen LogP contribution in [0.5, 0.6) is 0 Å². The molecule has 0 spiro atoms. The predicted molar refractivity (Wildman–Crippen MR) is 80.7 cm³/mol. The van der Waals surface area contributed by atoms with Crippen molar-refractivity contribution in [3.05, 3.63) is 38.9 Å². The molecule has 1 amide bonds. The summed E-state index contributed by atoms with van der Waals surface area (Å²) >= 11 is 6.02. The molecule has 1 atom stereocenters. The van der Waals surface area contributed by atoms with Gasteiger partial charge in [-0.05, 0) is 32.4 Å². The van der Waals surface area contributed by atoms with E-state index in [4.69, 9.17) is 11.6 Å². The van der Waals surface area contributed by atoms with Crippen molar-refractivity contribution in [1.29, 1.82) is 0 Å². The average molecular weight is 312 g/mol. The van der Waals surface area contributed by atoms with Crippen LogP contribution in [0.1, 0.15) is 30.1 Å². The molecule has 21 heavy (non-hydrogen) atoms. The highest BCUT2D eigenvalue weighted by atomic mass is 35.5. The van der Waals surface area contributed by atoms with Crippen LogP contribution in [0.4, 0.5) is 5.69 Å². The van der Waals surface area contributed by atoms with Gasteiger partial charge in [-0.1, -0.05) is 17.7 Å². The van der Waals surface area contributed by atoms with E-state index >= 15 is 0 Å². The van der Waals surface area contributed by atoms with Gasteiger partial charge >= 0.3 is 0 Å². The molecule has 1 aromatic rings. The first kappa shape index (κ1) is 15.7. The smallest absolute Gasteiger partial charge is 0.283 e. The zero-order chi connectivity index (χ0) is 15.4. The topological polar surface area (TPSA) is 75.5 Å². The molecule has 114 valence electrons. The standard InChI is InChI=1S/C14H18ClN3O3/c1-2-17(9-10-5-4-8-16-10)14(19)13-11(15)6-3-7-12(13)18(20)21/h3,6-7,10,16H,2,4-5,8-9H2,1H3. The Morgan fingerprint density at radius 2 is 2.33 bits per heavy atom. The Morgan fingerprint density at radius 1 is 1.57 bits per heavy atom. The Balaban J connectivity index is 2.26. The Bertz CT molecular complexity index is 544. The Morgan fingerprint density at radius 3 is 2.90 bits per heavy atom. The number of carbonyl (C=O) groups excluding carboxylic acids is 1. The second-order valence-electron chi connectivity index (χ2n) is 5.03. The van der Waals surface area contributed by atoms with Crippen LogP contribution >= 0.6 is 11.6 Å². The molecule has 2 rings (SSSR count). The van der Waals surface area contributed by atoms with E-state index in [1.54, 1.807) is 4.90 Å². The SMILES string of the molecule is CCN(CC1CCCN1)C(=O)c1c(Cl)cccc1[N+](=O)[O-]. The molecule has 0 radical (unpaired) electrons. The molecule has 1 aromatic carbocycles. The van der Waals surface area contributed by atoms with E-state index in [1.807, 2.05) is 6.92 Å². The largest absolute Gasteiger partial charge is 0.337 e. The maximum absolute atomic E-state index is 12.6. The van der Waals surface area contributed by atoms with Crippen molar-refractivity contribution in [2.24, 2.45) is 0 Å². The predicted octanol–water partition coefficient (Wildman–Crippen LogP) is 2.46. The molecule has 1 unspecified atom stereocenters. The first-order valence-electron chi connectivity index (χ1n) is 7.00. The second kappa shape index (κ2) is 6.87. The van der Waals surface area contributed by atoms with E-state index in [0.29, 0.717) is 13.1 Å². The van der Waals surface area contributed by atoms with E-state index in [-0.39, 0.29) is 28.2 Å². The van der Waals surface area contributed by atoms with Crippen molar-refractivity contribution in [1.82, 2.24) is 10.2 Å². The van der Waals surface area contributed by atoms with Crippen LogP contribution in [0.2, 0.25) is 5.02 Å². The van der Waals surface area contributed by atoms with Gasteiger partial charge in [0.15, 0.2) is 0 Å². The van der Waals surface area contributed by atoms with E-state index in [9.17, 15) is 14.9 Å². The molecule has 6 nitrogen and oxygen atoms in total. The summed E-state index contributed by atoms with van der Waals surface area (Å²) in [5.74, 6) is -0.386. The van der Waals surface area contributed by atoms with Gasteiger partial charge in [0, 0.05) is 25.2 Å². The number of nitrogens with zero attached hydrogens (tertiary/aromatic N) is 2. The minimum absolute atomic E-state index is 0.0241.